The maximum absolute atomic E-state index is 12.2. The van der Waals surface area contributed by atoms with E-state index in [9.17, 15) is 14.4 Å². The zero-order valence-electron chi connectivity index (χ0n) is 14.4. The van der Waals surface area contributed by atoms with E-state index in [1.54, 1.807) is 20.8 Å². The number of hydrogen-bond acceptors (Lipinski definition) is 6. The Morgan fingerprint density at radius 2 is 1.83 bits per heavy atom. The molecule has 0 aliphatic heterocycles. The van der Waals surface area contributed by atoms with E-state index >= 15 is 0 Å². The van der Waals surface area contributed by atoms with Gasteiger partial charge in [-0.05, 0) is 20.8 Å². The van der Waals surface area contributed by atoms with Crippen LogP contribution in [-0.4, -0.2) is 54.8 Å². The van der Waals surface area contributed by atoms with Gasteiger partial charge in [-0.25, -0.2) is 9.59 Å². The minimum atomic E-state index is -1.03. The van der Waals surface area contributed by atoms with Crippen LogP contribution in [0.1, 0.15) is 27.7 Å². The lowest BCUT2D eigenvalue weighted by atomic mass is 10.1. The Balaban J connectivity index is 5.24. The fourth-order valence-corrected chi connectivity index (χ4v) is 1.59. The van der Waals surface area contributed by atoms with Gasteiger partial charge in [0.25, 0.3) is 0 Å². The fourth-order valence-electron chi connectivity index (χ4n) is 1.59. The Hall–Kier alpha value is -2.31. The Morgan fingerprint density at radius 3 is 2.22 bits per heavy atom. The summed E-state index contributed by atoms with van der Waals surface area (Å²) in [5.41, 5.74) is -0.757. The van der Waals surface area contributed by atoms with Crippen molar-refractivity contribution in [3.8, 4) is 0 Å². The van der Waals surface area contributed by atoms with Crippen molar-refractivity contribution < 1.29 is 28.6 Å². The van der Waals surface area contributed by atoms with Crippen molar-refractivity contribution >= 4 is 18.0 Å². The maximum Gasteiger partial charge on any atom is 0.410 e. The number of rotatable bonds is 7. The highest BCUT2D eigenvalue weighted by Crippen LogP contribution is 2.14. The van der Waals surface area contributed by atoms with Gasteiger partial charge in [0.05, 0.1) is 19.2 Å². The number of carbonyl (C=O) groups is 3. The smallest absolute Gasteiger partial charge is 0.410 e. The quantitative estimate of drug-likeness (QED) is 0.308. The predicted octanol–water partition coefficient (Wildman–Crippen LogP) is 2.07. The molecule has 1 amide bonds. The Morgan fingerprint density at radius 1 is 1.26 bits per heavy atom. The number of ether oxygens (including phenoxy) is 3. The average molecular weight is 327 g/mol. The number of esters is 2. The summed E-state index contributed by atoms with van der Waals surface area (Å²) in [4.78, 5) is 36.3. The normalized spacial score (nSPS) is 11.9. The standard InChI is InChI=1S/C16H25NO6/c1-8-9-17(15(20)23-16(4,5)6)10-13(22-12(3)18)11(2)14(19)21-7/h8,13H,1-2,9-10H2,3-7H3. The molecule has 0 aliphatic carbocycles. The summed E-state index contributed by atoms with van der Waals surface area (Å²) in [6.45, 7) is 13.6. The molecule has 23 heavy (non-hydrogen) atoms. The Labute approximate surface area is 136 Å². The first-order valence-electron chi connectivity index (χ1n) is 7.05. The summed E-state index contributed by atoms with van der Waals surface area (Å²) in [5.74, 6) is -1.33. The molecule has 0 saturated heterocycles. The largest absolute Gasteiger partial charge is 0.466 e. The lowest BCUT2D eigenvalue weighted by Gasteiger charge is -2.29. The van der Waals surface area contributed by atoms with Crippen LogP contribution in [0.2, 0.25) is 0 Å². The lowest BCUT2D eigenvalue weighted by Crippen LogP contribution is -2.43. The molecule has 0 aromatic rings. The van der Waals surface area contributed by atoms with E-state index < -0.39 is 29.7 Å². The van der Waals surface area contributed by atoms with Crippen LogP contribution in [0.5, 0.6) is 0 Å². The summed E-state index contributed by atoms with van der Waals surface area (Å²) < 4.78 is 14.9. The van der Waals surface area contributed by atoms with Crippen molar-refractivity contribution in [1.29, 1.82) is 0 Å². The zero-order valence-corrected chi connectivity index (χ0v) is 14.4. The van der Waals surface area contributed by atoms with Crippen molar-refractivity contribution in [2.24, 2.45) is 0 Å². The van der Waals surface area contributed by atoms with Crippen LogP contribution in [0.4, 0.5) is 4.79 Å². The molecule has 0 fully saturated rings. The van der Waals surface area contributed by atoms with Gasteiger partial charge in [0.2, 0.25) is 0 Å². The molecule has 7 heteroatoms. The highest BCUT2D eigenvalue weighted by molar-refractivity contribution is 5.89. The highest BCUT2D eigenvalue weighted by atomic mass is 16.6. The summed E-state index contributed by atoms with van der Waals surface area (Å²) in [5, 5.41) is 0. The van der Waals surface area contributed by atoms with Crippen LogP contribution in [0.15, 0.2) is 24.8 Å². The van der Waals surface area contributed by atoms with E-state index in [0.717, 1.165) is 0 Å². The van der Waals surface area contributed by atoms with Gasteiger partial charge in [-0.3, -0.25) is 4.79 Å². The lowest BCUT2D eigenvalue weighted by molar-refractivity contribution is -0.147. The van der Waals surface area contributed by atoms with E-state index in [4.69, 9.17) is 9.47 Å². The molecule has 0 rings (SSSR count). The first-order valence-corrected chi connectivity index (χ1v) is 7.05. The van der Waals surface area contributed by atoms with E-state index in [1.165, 1.54) is 25.0 Å². The van der Waals surface area contributed by atoms with Gasteiger partial charge in [0.1, 0.15) is 5.60 Å². The third-order valence-corrected chi connectivity index (χ3v) is 2.53. The Kier molecular flexibility index (Phi) is 8.07. The molecular weight excluding hydrogens is 302 g/mol. The summed E-state index contributed by atoms with van der Waals surface area (Å²) >= 11 is 0. The summed E-state index contributed by atoms with van der Waals surface area (Å²) in [7, 11) is 1.19. The van der Waals surface area contributed by atoms with Crippen molar-refractivity contribution in [3.63, 3.8) is 0 Å². The third kappa shape index (κ3) is 8.04. The van der Waals surface area contributed by atoms with Gasteiger partial charge in [-0.15, -0.1) is 6.58 Å². The number of methoxy groups -OCH3 is 1. The third-order valence-electron chi connectivity index (χ3n) is 2.53. The molecule has 0 aromatic carbocycles. The second-order valence-corrected chi connectivity index (χ2v) is 5.79. The van der Waals surface area contributed by atoms with Crippen LogP contribution in [0, 0.1) is 0 Å². The van der Waals surface area contributed by atoms with Gasteiger partial charge < -0.3 is 19.1 Å². The van der Waals surface area contributed by atoms with Crippen molar-refractivity contribution in [1.82, 2.24) is 4.90 Å². The van der Waals surface area contributed by atoms with Gasteiger partial charge in [-0.1, -0.05) is 12.7 Å². The van der Waals surface area contributed by atoms with Crippen LogP contribution in [-0.2, 0) is 23.8 Å². The van der Waals surface area contributed by atoms with Crippen molar-refractivity contribution in [3.05, 3.63) is 24.8 Å². The topological polar surface area (TPSA) is 82.1 Å². The SMILES string of the molecule is C=CCN(CC(OC(C)=O)C(=C)C(=O)OC)C(=O)OC(C)(C)C. The number of amides is 1. The van der Waals surface area contributed by atoms with E-state index in [2.05, 4.69) is 17.9 Å². The number of hydrogen-bond donors (Lipinski definition) is 0. The second-order valence-electron chi connectivity index (χ2n) is 5.79. The molecule has 1 atom stereocenters. The fraction of sp³-hybridized carbons (Fsp3) is 0.562. The molecule has 0 bridgehead atoms. The molecule has 0 aromatic heterocycles. The molecule has 0 N–H and O–H groups in total. The molecular formula is C16H25NO6. The van der Waals surface area contributed by atoms with Crippen LogP contribution >= 0.6 is 0 Å². The molecule has 0 spiro atoms. The monoisotopic (exact) mass is 327 g/mol. The molecule has 0 heterocycles. The summed E-state index contributed by atoms with van der Waals surface area (Å²) in [6.07, 6.45) is -0.157. The van der Waals surface area contributed by atoms with Gasteiger partial charge >= 0.3 is 18.0 Å². The van der Waals surface area contributed by atoms with Gasteiger partial charge in [0.15, 0.2) is 6.10 Å². The minimum absolute atomic E-state index is 0.0691. The number of nitrogens with zero attached hydrogens (tertiary/aromatic N) is 1. The zero-order chi connectivity index (χ0) is 18.2. The van der Waals surface area contributed by atoms with Gasteiger partial charge in [0, 0.05) is 13.5 Å². The van der Waals surface area contributed by atoms with Crippen LogP contribution < -0.4 is 0 Å². The molecule has 0 saturated carbocycles. The van der Waals surface area contributed by atoms with Crippen LogP contribution in [0.25, 0.3) is 0 Å². The second kappa shape index (κ2) is 8.97. The van der Waals surface area contributed by atoms with E-state index in [0.29, 0.717) is 0 Å². The first kappa shape index (κ1) is 20.7. The first-order chi connectivity index (χ1) is 10.5. The number of carbonyl (C=O) groups excluding carboxylic acids is 3. The van der Waals surface area contributed by atoms with E-state index in [-0.39, 0.29) is 18.7 Å². The molecule has 7 nitrogen and oxygen atoms in total. The predicted molar refractivity (Wildman–Crippen MR) is 84.7 cm³/mol. The minimum Gasteiger partial charge on any atom is -0.466 e. The summed E-state index contributed by atoms with van der Waals surface area (Å²) in [6, 6.07) is 0. The maximum atomic E-state index is 12.2. The average Bonchev–Trinajstić information content (AvgIpc) is 2.41. The molecule has 0 aliphatic rings. The Bertz CT molecular complexity index is 477. The molecule has 130 valence electrons. The molecule has 0 radical (unpaired) electrons. The van der Waals surface area contributed by atoms with E-state index in [1.807, 2.05) is 0 Å². The van der Waals surface area contributed by atoms with Crippen molar-refractivity contribution in [2.75, 3.05) is 20.2 Å². The van der Waals surface area contributed by atoms with Crippen molar-refractivity contribution in [2.45, 2.75) is 39.4 Å². The highest BCUT2D eigenvalue weighted by Gasteiger charge is 2.29. The van der Waals surface area contributed by atoms with Crippen LogP contribution in [0.3, 0.4) is 0 Å². The van der Waals surface area contributed by atoms with Gasteiger partial charge in [-0.2, -0.15) is 0 Å². The molecule has 1 unspecified atom stereocenters.